The summed E-state index contributed by atoms with van der Waals surface area (Å²) >= 11 is 1.72. The van der Waals surface area contributed by atoms with Gasteiger partial charge in [0, 0.05) is 17.9 Å². The summed E-state index contributed by atoms with van der Waals surface area (Å²) in [5, 5.41) is 2.92. The molecule has 0 fully saturated rings. The van der Waals surface area contributed by atoms with Crippen LogP contribution in [0.1, 0.15) is 10.4 Å². The first-order valence-corrected chi connectivity index (χ1v) is 7.63. The number of carbonyl (C=O) groups is 1. The second-order valence-corrected chi connectivity index (χ2v) is 5.18. The maximum Gasteiger partial charge on any atom is 0.251 e. The van der Waals surface area contributed by atoms with Crippen LogP contribution in [0, 0.1) is 0 Å². The quantitative estimate of drug-likeness (QED) is 0.844. The molecule has 2 rings (SSSR count). The van der Waals surface area contributed by atoms with Crippen LogP contribution in [0.25, 0.3) is 11.1 Å². The van der Waals surface area contributed by atoms with Crippen LogP contribution in [0.4, 0.5) is 0 Å². The standard InChI is InChI=1S/C16H17NOS/c1-19-11-10-17-16(18)15-9-5-8-14(12-15)13-6-3-2-4-7-13/h2-9,12H,10-11H2,1H3,(H,17,18). The first kappa shape index (κ1) is 13.7. The third-order valence-electron chi connectivity index (χ3n) is 2.82. The molecule has 0 radical (unpaired) electrons. The molecule has 0 aliphatic carbocycles. The molecule has 2 aromatic carbocycles. The molecule has 19 heavy (non-hydrogen) atoms. The third kappa shape index (κ3) is 3.86. The maximum absolute atomic E-state index is 12.0. The van der Waals surface area contributed by atoms with E-state index in [1.165, 1.54) is 0 Å². The zero-order valence-corrected chi connectivity index (χ0v) is 11.7. The summed E-state index contributed by atoms with van der Waals surface area (Å²) in [4.78, 5) is 12.0. The molecule has 0 saturated heterocycles. The summed E-state index contributed by atoms with van der Waals surface area (Å²) in [7, 11) is 0. The summed E-state index contributed by atoms with van der Waals surface area (Å²) in [6.07, 6.45) is 2.03. The average molecular weight is 271 g/mol. The van der Waals surface area contributed by atoms with Gasteiger partial charge in [0.25, 0.3) is 5.91 Å². The highest BCUT2D eigenvalue weighted by molar-refractivity contribution is 7.98. The Morgan fingerprint density at radius 1 is 1.05 bits per heavy atom. The molecular weight excluding hydrogens is 254 g/mol. The lowest BCUT2D eigenvalue weighted by Gasteiger charge is -2.06. The molecule has 2 nitrogen and oxygen atoms in total. The molecule has 0 bridgehead atoms. The Balaban J connectivity index is 2.13. The first-order chi connectivity index (χ1) is 9.31. The fourth-order valence-electron chi connectivity index (χ4n) is 1.84. The number of amides is 1. The number of thioether (sulfide) groups is 1. The molecule has 98 valence electrons. The third-order valence-corrected chi connectivity index (χ3v) is 3.44. The monoisotopic (exact) mass is 271 g/mol. The van der Waals surface area contributed by atoms with Gasteiger partial charge in [-0.2, -0.15) is 11.8 Å². The summed E-state index contributed by atoms with van der Waals surface area (Å²) < 4.78 is 0. The molecule has 2 aromatic rings. The second kappa shape index (κ2) is 7.00. The lowest BCUT2D eigenvalue weighted by Crippen LogP contribution is -2.25. The van der Waals surface area contributed by atoms with Crippen molar-refractivity contribution in [3.05, 3.63) is 60.2 Å². The molecular formula is C16H17NOS. The van der Waals surface area contributed by atoms with Crippen molar-refractivity contribution in [2.45, 2.75) is 0 Å². The topological polar surface area (TPSA) is 29.1 Å². The molecule has 1 N–H and O–H groups in total. The van der Waals surface area contributed by atoms with Crippen LogP contribution in [-0.4, -0.2) is 24.5 Å². The molecule has 3 heteroatoms. The maximum atomic E-state index is 12.0. The summed E-state index contributed by atoms with van der Waals surface area (Å²) in [6.45, 7) is 0.704. The van der Waals surface area contributed by atoms with Gasteiger partial charge in [-0.15, -0.1) is 0 Å². The van der Waals surface area contributed by atoms with Gasteiger partial charge in [-0.25, -0.2) is 0 Å². The zero-order chi connectivity index (χ0) is 13.5. The molecule has 0 spiro atoms. The van der Waals surface area contributed by atoms with Crippen molar-refractivity contribution in [1.29, 1.82) is 0 Å². The number of nitrogens with one attached hydrogen (secondary N) is 1. The van der Waals surface area contributed by atoms with Gasteiger partial charge >= 0.3 is 0 Å². The normalized spacial score (nSPS) is 10.2. The van der Waals surface area contributed by atoms with Gasteiger partial charge in [-0.1, -0.05) is 42.5 Å². The van der Waals surface area contributed by atoms with E-state index in [2.05, 4.69) is 5.32 Å². The van der Waals surface area contributed by atoms with Crippen molar-refractivity contribution in [2.75, 3.05) is 18.6 Å². The Hall–Kier alpha value is -1.74. The number of benzene rings is 2. The Morgan fingerprint density at radius 2 is 1.79 bits per heavy atom. The summed E-state index contributed by atoms with van der Waals surface area (Å²) in [5.74, 6) is 0.927. The number of hydrogen-bond donors (Lipinski definition) is 1. The zero-order valence-electron chi connectivity index (χ0n) is 10.9. The van der Waals surface area contributed by atoms with Gasteiger partial charge < -0.3 is 5.32 Å². The summed E-state index contributed by atoms with van der Waals surface area (Å²) in [6, 6.07) is 17.8. The first-order valence-electron chi connectivity index (χ1n) is 6.24. The van der Waals surface area contributed by atoms with Crippen molar-refractivity contribution < 1.29 is 4.79 Å². The molecule has 0 saturated carbocycles. The molecule has 0 aliphatic rings. The van der Waals surface area contributed by atoms with E-state index in [1.54, 1.807) is 11.8 Å². The van der Waals surface area contributed by atoms with Gasteiger partial charge in [0.15, 0.2) is 0 Å². The minimum atomic E-state index is -0.00756. The van der Waals surface area contributed by atoms with E-state index in [4.69, 9.17) is 0 Å². The molecule has 0 heterocycles. The lowest BCUT2D eigenvalue weighted by molar-refractivity contribution is 0.0956. The predicted octanol–water partition coefficient (Wildman–Crippen LogP) is 3.45. The van der Waals surface area contributed by atoms with E-state index in [9.17, 15) is 4.79 Å². The van der Waals surface area contributed by atoms with E-state index in [0.29, 0.717) is 12.1 Å². The van der Waals surface area contributed by atoms with Crippen molar-refractivity contribution in [3.63, 3.8) is 0 Å². The van der Waals surface area contributed by atoms with E-state index in [-0.39, 0.29) is 5.91 Å². The molecule has 1 amide bonds. The fourth-order valence-corrected chi connectivity index (χ4v) is 2.15. The Morgan fingerprint density at radius 3 is 2.53 bits per heavy atom. The van der Waals surface area contributed by atoms with Crippen molar-refractivity contribution in [2.24, 2.45) is 0 Å². The second-order valence-electron chi connectivity index (χ2n) is 4.20. The van der Waals surface area contributed by atoms with Crippen LogP contribution >= 0.6 is 11.8 Å². The van der Waals surface area contributed by atoms with Gasteiger partial charge in [0.2, 0.25) is 0 Å². The SMILES string of the molecule is CSCCNC(=O)c1cccc(-c2ccccc2)c1. The van der Waals surface area contributed by atoms with E-state index in [1.807, 2.05) is 60.9 Å². The highest BCUT2D eigenvalue weighted by Gasteiger charge is 2.06. The van der Waals surface area contributed by atoms with Gasteiger partial charge in [0.1, 0.15) is 0 Å². The van der Waals surface area contributed by atoms with Gasteiger partial charge in [-0.3, -0.25) is 4.79 Å². The highest BCUT2D eigenvalue weighted by Crippen LogP contribution is 2.19. The van der Waals surface area contributed by atoms with Crippen molar-refractivity contribution in [3.8, 4) is 11.1 Å². The van der Waals surface area contributed by atoms with Crippen LogP contribution in [0.2, 0.25) is 0 Å². The minimum absolute atomic E-state index is 0.00756. The molecule has 0 atom stereocenters. The Bertz CT molecular complexity index is 539. The average Bonchev–Trinajstić information content (AvgIpc) is 2.48. The molecule has 0 aliphatic heterocycles. The Kier molecular flexibility index (Phi) is 5.04. The fraction of sp³-hybridized carbons (Fsp3) is 0.188. The largest absolute Gasteiger partial charge is 0.351 e. The van der Waals surface area contributed by atoms with Crippen LogP contribution in [-0.2, 0) is 0 Å². The lowest BCUT2D eigenvalue weighted by atomic mass is 10.0. The van der Waals surface area contributed by atoms with Crippen LogP contribution in [0.15, 0.2) is 54.6 Å². The number of carbonyl (C=O) groups excluding carboxylic acids is 1. The predicted molar refractivity (Wildman–Crippen MR) is 82.6 cm³/mol. The van der Waals surface area contributed by atoms with Crippen molar-refractivity contribution in [1.82, 2.24) is 5.32 Å². The van der Waals surface area contributed by atoms with E-state index >= 15 is 0 Å². The van der Waals surface area contributed by atoms with Gasteiger partial charge in [-0.05, 0) is 29.5 Å². The summed E-state index contributed by atoms with van der Waals surface area (Å²) in [5.41, 5.74) is 2.90. The van der Waals surface area contributed by atoms with E-state index in [0.717, 1.165) is 16.9 Å². The van der Waals surface area contributed by atoms with Crippen molar-refractivity contribution >= 4 is 17.7 Å². The minimum Gasteiger partial charge on any atom is -0.351 e. The number of rotatable bonds is 5. The van der Waals surface area contributed by atoms with Crippen LogP contribution in [0.5, 0.6) is 0 Å². The molecule has 0 unspecified atom stereocenters. The van der Waals surface area contributed by atoms with Crippen LogP contribution < -0.4 is 5.32 Å². The number of hydrogen-bond acceptors (Lipinski definition) is 2. The van der Waals surface area contributed by atoms with E-state index < -0.39 is 0 Å². The highest BCUT2D eigenvalue weighted by atomic mass is 32.2. The smallest absolute Gasteiger partial charge is 0.251 e. The van der Waals surface area contributed by atoms with Crippen LogP contribution in [0.3, 0.4) is 0 Å². The molecule has 0 aromatic heterocycles. The Labute approximate surface area is 118 Å². The van der Waals surface area contributed by atoms with Gasteiger partial charge in [0.05, 0.1) is 0 Å².